The van der Waals surface area contributed by atoms with Crippen molar-refractivity contribution >= 4 is 6.91 Å². The standard InChI is InChI=1S/C3H2BNO2/c6-3-5-1-4-2-7-3/h1-2H. The Hall–Kier alpha value is -0.925. The summed E-state index contributed by atoms with van der Waals surface area (Å²) in [6, 6.07) is 0. The van der Waals surface area contributed by atoms with E-state index in [2.05, 4.69) is 9.40 Å². The molecule has 0 atom stereocenters. The van der Waals surface area contributed by atoms with Crippen LogP contribution in [0.4, 0.5) is 0 Å². The fourth-order valence-electron chi connectivity index (χ4n) is 0.267. The van der Waals surface area contributed by atoms with E-state index >= 15 is 0 Å². The van der Waals surface area contributed by atoms with Crippen molar-refractivity contribution in [3.8, 4) is 0 Å². The molecule has 0 saturated heterocycles. The van der Waals surface area contributed by atoms with Gasteiger partial charge in [-0.15, -0.1) is 0 Å². The van der Waals surface area contributed by atoms with E-state index in [9.17, 15) is 4.79 Å². The Bertz CT molecular complexity index is 179. The molecule has 0 aliphatic heterocycles. The van der Waals surface area contributed by atoms with Crippen molar-refractivity contribution in [1.29, 1.82) is 0 Å². The Morgan fingerprint density at radius 1 is 1.86 bits per heavy atom. The van der Waals surface area contributed by atoms with Gasteiger partial charge in [0.15, 0.2) is 0 Å². The molecule has 1 heterocycles. The van der Waals surface area contributed by atoms with Gasteiger partial charge in [-0.1, -0.05) is 0 Å². The first kappa shape index (κ1) is 4.24. The third-order valence-corrected chi connectivity index (χ3v) is 0.513. The predicted molar refractivity (Wildman–Crippen MR) is 24.1 cm³/mol. The molecule has 7 heavy (non-hydrogen) atoms. The Kier molecular flexibility index (Phi) is 1.02. The number of aromatic nitrogens is 1. The van der Waals surface area contributed by atoms with Crippen LogP contribution in [0, 0.1) is 0 Å². The molecule has 0 bridgehead atoms. The minimum absolute atomic E-state index is 0.553. The molecule has 1 aromatic rings. The maximum absolute atomic E-state index is 9.99. The molecule has 0 aliphatic rings. The molecule has 0 spiro atoms. The van der Waals surface area contributed by atoms with E-state index in [1.54, 1.807) is 6.91 Å². The number of hydrogen-bond donors (Lipinski definition) is 0. The van der Waals surface area contributed by atoms with Gasteiger partial charge < -0.3 is 0 Å². The van der Waals surface area contributed by atoms with E-state index < -0.39 is 5.76 Å². The van der Waals surface area contributed by atoms with Crippen LogP contribution in [-0.2, 0) is 0 Å². The van der Waals surface area contributed by atoms with E-state index in [-0.39, 0.29) is 0 Å². The Morgan fingerprint density at radius 2 is 2.71 bits per heavy atom. The van der Waals surface area contributed by atoms with Crippen LogP contribution in [0.15, 0.2) is 21.5 Å². The summed E-state index contributed by atoms with van der Waals surface area (Å²) < 4.78 is 4.26. The first-order valence-corrected chi connectivity index (χ1v) is 1.79. The number of hydrogen-bond acceptors (Lipinski definition) is 3. The summed E-state index contributed by atoms with van der Waals surface area (Å²) in [5.74, 6) is -0.553. The van der Waals surface area contributed by atoms with Crippen molar-refractivity contribution in [2.75, 3.05) is 0 Å². The van der Waals surface area contributed by atoms with Gasteiger partial charge in [0, 0.05) is 0 Å². The zero-order valence-electron chi connectivity index (χ0n) is 3.50. The van der Waals surface area contributed by atoms with Crippen LogP contribution < -0.4 is 5.76 Å². The summed E-state index contributed by atoms with van der Waals surface area (Å²) in [4.78, 5) is 13.2. The van der Waals surface area contributed by atoms with Crippen molar-refractivity contribution in [2.45, 2.75) is 0 Å². The van der Waals surface area contributed by atoms with Gasteiger partial charge in [-0.05, 0) is 0 Å². The zero-order chi connectivity index (χ0) is 5.11. The second-order valence-electron chi connectivity index (χ2n) is 0.990. The molecule has 4 heteroatoms. The fourth-order valence-corrected chi connectivity index (χ4v) is 0.267. The van der Waals surface area contributed by atoms with E-state index in [4.69, 9.17) is 0 Å². The van der Waals surface area contributed by atoms with Gasteiger partial charge >= 0.3 is 39.1 Å². The molecule has 0 aliphatic carbocycles. The van der Waals surface area contributed by atoms with Crippen molar-refractivity contribution < 1.29 is 4.42 Å². The molecular weight excluding hydrogens is 92.8 g/mol. The Labute approximate surface area is 40.2 Å². The second-order valence-corrected chi connectivity index (χ2v) is 0.990. The van der Waals surface area contributed by atoms with Crippen molar-refractivity contribution in [2.24, 2.45) is 0 Å². The second kappa shape index (κ2) is 1.68. The van der Waals surface area contributed by atoms with Gasteiger partial charge in [0.2, 0.25) is 0 Å². The summed E-state index contributed by atoms with van der Waals surface area (Å²) in [7, 11) is 0. The summed E-state index contributed by atoms with van der Waals surface area (Å²) in [5, 5.41) is 0. The van der Waals surface area contributed by atoms with Gasteiger partial charge in [-0.2, -0.15) is 0 Å². The molecule has 0 aromatic carbocycles. The van der Waals surface area contributed by atoms with Gasteiger partial charge in [-0.25, -0.2) is 0 Å². The van der Waals surface area contributed by atoms with Crippen LogP contribution in [0.1, 0.15) is 0 Å². The molecule has 3 nitrogen and oxygen atoms in total. The van der Waals surface area contributed by atoms with Crippen molar-refractivity contribution in [3.63, 3.8) is 0 Å². The van der Waals surface area contributed by atoms with Gasteiger partial charge in [0.05, 0.1) is 0 Å². The first-order chi connectivity index (χ1) is 3.39. The molecule has 1 aromatic heterocycles. The average Bonchev–Trinajstić information content (AvgIpc) is 1.69. The summed E-state index contributed by atoms with van der Waals surface area (Å²) in [5.41, 5.74) is 0. The number of nitrogens with zero attached hydrogens (tertiary/aromatic N) is 1. The Morgan fingerprint density at radius 3 is 3.00 bits per heavy atom. The van der Waals surface area contributed by atoms with Crippen LogP contribution in [0.3, 0.4) is 0 Å². The molecule has 0 saturated carbocycles. The molecule has 0 unspecified atom stereocenters. The third kappa shape index (κ3) is 0.959. The van der Waals surface area contributed by atoms with Crippen LogP contribution in [0.5, 0.6) is 0 Å². The average molecular weight is 94.9 g/mol. The molecule has 0 fully saturated rings. The van der Waals surface area contributed by atoms with Crippen LogP contribution in [0.25, 0.3) is 0 Å². The summed E-state index contributed by atoms with van der Waals surface area (Å²) in [6.45, 7) is 1.54. The monoisotopic (exact) mass is 95.0 g/mol. The van der Waals surface area contributed by atoms with E-state index in [1.165, 1.54) is 12.3 Å². The van der Waals surface area contributed by atoms with E-state index in [1.807, 2.05) is 0 Å². The van der Waals surface area contributed by atoms with Crippen molar-refractivity contribution in [3.05, 3.63) is 22.8 Å². The fraction of sp³-hybridized carbons (Fsp3) is 0. The SMILES string of the molecule is O=c1ncbco1. The summed E-state index contributed by atoms with van der Waals surface area (Å²) >= 11 is 0. The van der Waals surface area contributed by atoms with Gasteiger partial charge in [0.25, 0.3) is 0 Å². The van der Waals surface area contributed by atoms with Crippen LogP contribution >= 0.6 is 0 Å². The zero-order valence-corrected chi connectivity index (χ0v) is 3.50. The predicted octanol–water partition coefficient (Wildman–Crippen LogP) is -0.627. The quantitative estimate of drug-likeness (QED) is 0.430. The van der Waals surface area contributed by atoms with E-state index in [0.29, 0.717) is 0 Å². The maximum atomic E-state index is 9.99. The molecule has 0 amide bonds. The topological polar surface area (TPSA) is 43.1 Å². The molecule has 34 valence electrons. The molecule has 1 rings (SSSR count). The van der Waals surface area contributed by atoms with E-state index in [0.717, 1.165) is 0 Å². The summed E-state index contributed by atoms with van der Waals surface area (Å²) in [6.07, 6.45) is 2.67. The minimum atomic E-state index is -0.553. The van der Waals surface area contributed by atoms with Crippen LogP contribution in [0.2, 0.25) is 0 Å². The Balaban J connectivity index is 3.28. The first-order valence-electron chi connectivity index (χ1n) is 1.79. The van der Waals surface area contributed by atoms with Crippen molar-refractivity contribution in [1.82, 2.24) is 4.98 Å². The normalized spacial score (nSPS) is 8.00. The third-order valence-electron chi connectivity index (χ3n) is 0.513. The van der Waals surface area contributed by atoms with Gasteiger partial charge in [0.1, 0.15) is 0 Å². The molecule has 0 N–H and O–H groups in total. The molecule has 0 radical (unpaired) electrons. The van der Waals surface area contributed by atoms with Gasteiger partial charge in [-0.3, -0.25) is 0 Å². The van der Waals surface area contributed by atoms with Crippen LogP contribution in [-0.4, -0.2) is 11.9 Å². The number of rotatable bonds is 0. The molecular formula is C3H2BNO2.